The molecule has 0 N–H and O–H groups in total. The van der Waals surface area contributed by atoms with Gasteiger partial charge in [0.1, 0.15) is 0 Å². The second kappa shape index (κ2) is 15.6. The molecule has 0 fully saturated rings. The van der Waals surface area contributed by atoms with Gasteiger partial charge in [-0.2, -0.15) is 6.07 Å². The van der Waals surface area contributed by atoms with Crippen LogP contribution in [-0.2, 0) is 27.3 Å². The summed E-state index contributed by atoms with van der Waals surface area (Å²) in [5.41, 5.74) is 6.76. The average molecular weight is 633 g/mol. The quantitative estimate of drug-likeness (QED) is 0.132. The van der Waals surface area contributed by atoms with Crippen molar-refractivity contribution in [2.75, 3.05) is 0 Å². The Balaban J connectivity index is 0.000000182. The van der Waals surface area contributed by atoms with Gasteiger partial charge in [-0.15, -0.1) is 74.3 Å². The van der Waals surface area contributed by atoms with Gasteiger partial charge in [0.15, 0.2) is 0 Å². The first-order valence-corrected chi connectivity index (χ1v) is 21.1. The minimum absolute atomic E-state index is 0.826. The molecule has 0 atom stereocenters. The zero-order valence-electron chi connectivity index (χ0n) is 22.8. The van der Waals surface area contributed by atoms with Crippen molar-refractivity contribution in [3.8, 4) is 11.1 Å². The fourth-order valence-electron chi connectivity index (χ4n) is 4.79. The van der Waals surface area contributed by atoms with E-state index in [1.54, 1.807) is 0 Å². The normalized spacial score (nSPS) is 10.1. The van der Waals surface area contributed by atoms with Crippen molar-refractivity contribution in [1.82, 2.24) is 0 Å². The van der Waals surface area contributed by atoms with Crippen LogP contribution in [0.3, 0.4) is 0 Å². The maximum atomic E-state index is 4.93. The Morgan fingerprint density at radius 3 is 1.66 bits per heavy atom. The molecule has 0 amide bonds. The molecule has 6 rings (SSSR count). The van der Waals surface area contributed by atoms with Crippen LogP contribution >= 0.6 is 17.0 Å². The summed E-state index contributed by atoms with van der Waals surface area (Å²) in [6.45, 7) is 10.9. The topological polar surface area (TPSA) is 0 Å². The number of hydrogen-bond donors (Lipinski definition) is 0. The molecule has 6 aromatic carbocycles. The van der Waals surface area contributed by atoms with Crippen LogP contribution in [0.25, 0.3) is 43.4 Å². The van der Waals surface area contributed by atoms with E-state index in [1.807, 2.05) is 0 Å². The second-order valence-electron chi connectivity index (χ2n) is 9.29. The van der Waals surface area contributed by atoms with Gasteiger partial charge >= 0.3 is 37.9 Å². The molecule has 0 saturated carbocycles. The number of hydrogen-bond acceptors (Lipinski definition) is 0. The maximum Gasteiger partial charge on any atom is -0.0771 e. The van der Waals surface area contributed by atoms with Crippen molar-refractivity contribution in [1.29, 1.82) is 0 Å². The van der Waals surface area contributed by atoms with E-state index in [0.29, 0.717) is 0 Å². The molecular weight excluding hydrogens is 599 g/mol. The average Bonchev–Trinajstić information content (AvgIpc) is 3.51. The minimum atomic E-state index is -0.826. The predicted octanol–water partition coefficient (Wildman–Crippen LogP) is 11.3. The Hall–Kier alpha value is -1.96. The van der Waals surface area contributed by atoms with Gasteiger partial charge in [-0.05, 0) is 25.8 Å². The van der Waals surface area contributed by atoms with Crippen molar-refractivity contribution in [3.63, 3.8) is 0 Å². The summed E-state index contributed by atoms with van der Waals surface area (Å²) in [6.07, 6.45) is 1.10. The maximum absolute atomic E-state index is 4.93. The van der Waals surface area contributed by atoms with E-state index in [1.165, 1.54) is 60.1 Å². The van der Waals surface area contributed by atoms with E-state index < -0.39 is 20.8 Å². The Bertz CT molecular complexity index is 1510. The van der Waals surface area contributed by atoms with Crippen molar-refractivity contribution in [2.45, 2.75) is 40.3 Å². The van der Waals surface area contributed by atoms with Crippen LogP contribution in [0.5, 0.6) is 0 Å². The molecular formula is C34H34Cl2SiZr. The summed E-state index contributed by atoms with van der Waals surface area (Å²) >= 11 is -0.826. The molecule has 0 aliphatic heterocycles. The molecule has 0 saturated heterocycles. The molecule has 0 aliphatic carbocycles. The van der Waals surface area contributed by atoms with E-state index in [4.69, 9.17) is 17.0 Å². The molecule has 0 bridgehead atoms. The first-order chi connectivity index (χ1) is 18.4. The molecule has 0 aliphatic rings. The van der Waals surface area contributed by atoms with Crippen molar-refractivity contribution >= 4 is 58.9 Å². The standard InChI is InChI=1S/C19H19.C13H9.C2H6Si.2ClH.Zr/c1-4-15-11-16-6-5-7-18(19(16)12-15)17-9-13(2)8-14(3)10-17;1-3-7-12-10(5-1)9-11-6-2-4-8-13(11)12;1-3-2;;;/h5-12H,4H2,1-3H3;1-9H;1-2H3;2*1H;/q2*-1;;;;+4/p-2. The smallest absolute Gasteiger partial charge is 0.0771 e. The number of benzene rings is 4. The van der Waals surface area contributed by atoms with E-state index in [2.05, 4.69) is 137 Å². The molecule has 38 heavy (non-hydrogen) atoms. The summed E-state index contributed by atoms with van der Waals surface area (Å²) in [7, 11) is 11.0. The van der Waals surface area contributed by atoms with Gasteiger partial charge in [0.05, 0.1) is 0 Å². The van der Waals surface area contributed by atoms with E-state index in [9.17, 15) is 0 Å². The fourth-order valence-corrected chi connectivity index (χ4v) is 4.79. The van der Waals surface area contributed by atoms with Gasteiger partial charge in [0, 0.05) is 9.52 Å². The van der Waals surface area contributed by atoms with E-state index in [0.717, 1.165) is 15.9 Å². The number of aryl methyl sites for hydroxylation is 3. The molecule has 0 spiro atoms. The Labute approximate surface area is 249 Å². The summed E-state index contributed by atoms with van der Waals surface area (Å²) in [5, 5.41) is 8.13. The molecule has 0 unspecified atom stereocenters. The van der Waals surface area contributed by atoms with Gasteiger partial charge in [-0.1, -0.05) is 97.4 Å². The fraction of sp³-hybridized carbons (Fsp3) is 0.176. The number of halogens is 2. The first-order valence-electron chi connectivity index (χ1n) is 12.8. The molecule has 4 heteroatoms. The van der Waals surface area contributed by atoms with Crippen LogP contribution in [0.4, 0.5) is 0 Å². The predicted molar refractivity (Wildman–Crippen MR) is 170 cm³/mol. The number of fused-ring (bicyclic) bond motifs is 4. The molecule has 6 aromatic rings. The van der Waals surface area contributed by atoms with Crippen LogP contribution in [0.2, 0.25) is 13.1 Å². The molecule has 2 radical (unpaired) electrons. The largest absolute Gasteiger partial charge is 0.126 e. The summed E-state index contributed by atoms with van der Waals surface area (Å²) in [6, 6.07) is 37.3. The molecule has 192 valence electrons. The van der Waals surface area contributed by atoms with Crippen LogP contribution in [0, 0.1) is 13.8 Å². The van der Waals surface area contributed by atoms with Gasteiger partial charge in [0.2, 0.25) is 0 Å². The van der Waals surface area contributed by atoms with Crippen LogP contribution < -0.4 is 0 Å². The molecule has 0 aromatic heterocycles. The Morgan fingerprint density at radius 2 is 1.13 bits per heavy atom. The summed E-state index contributed by atoms with van der Waals surface area (Å²) in [5.74, 6) is 0. The van der Waals surface area contributed by atoms with Crippen molar-refractivity contribution < 1.29 is 20.8 Å². The zero-order chi connectivity index (χ0) is 27.5. The van der Waals surface area contributed by atoms with Gasteiger partial charge in [-0.25, -0.2) is 0 Å². The van der Waals surface area contributed by atoms with Crippen LogP contribution in [-0.4, -0.2) is 9.52 Å². The Morgan fingerprint density at radius 1 is 0.658 bits per heavy atom. The zero-order valence-corrected chi connectivity index (χ0v) is 27.7. The van der Waals surface area contributed by atoms with E-state index in [-0.39, 0.29) is 0 Å². The van der Waals surface area contributed by atoms with Crippen LogP contribution in [0.1, 0.15) is 23.6 Å². The van der Waals surface area contributed by atoms with Crippen molar-refractivity contribution in [3.05, 3.63) is 120 Å². The summed E-state index contributed by atoms with van der Waals surface area (Å²) in [4.78, 5) is 0. The Kier molecular flexibility index (Phi) is 12.5. The number of rotatable bonds is 2. The third kappa shape index (κ3) is 8.03. The SMILES string of the molecule is CCc1cc2c(-c3cc(C)cc(C)c3)cccc2[cH-]1.C[Si]C.[Cl][Zr+2][Cl].c1ccc2c(c1)[cH-]c1ccccc12. The van der Waals surface area contributed by atoms with Gasteiger partial charge in [0.25, 0.3) is 0 Å². The van der Waals surface area contributed by atoms with E-state index >= 15 is 0 Å². The second-order valence-corrected chi connectivity index (χ2v) is 14.0. The molecule has 0 nitrogen and oxygen atoms in total. The summed E-state index contributed by atoms with van der Waals surface area (Å²) < 4.78 is 0. The van der Waals surface area contributed by atoms with Crippen LogP contribution in [0.15, 0.2) is 103 Å². The van der Waals surface area contributed by atoms with Crippen molar-refractivity contribution in [2.24, 2.45) is 0 Å². The van der Waals surface area contributed by atoms with Gasteiger partial charge < -0.3 is 0 Å². The monoisotopic (exact) mass is 630 g/mol. The van der Waals surface area contributed by atoms with Gasteiger partial charge in [-0.3, -0.25) is 0 Å². The minimum Gasteiger partial charge on any atom is -0.126 e. The molecule has 0 heterocycles. The third-order valence-corrected chi connectivity index (χ3v) is 6.27. The first kappa shape index (κ1) is 30.6. The third-order valence-electron chi connectivity index (χ3n) is 6.27.